The minimum absolute atomic E-state index is 0.209. The topological polar surface area (TPSA) is 61.8 Å². The third-order valence-corrected chi connectivity index (χ3v) is 4.54. The summed E-state index contributed by atoms with van der Waals surface area (Å²) in [6.45, 7) is 0. The van der Waals surface area contributed by atoms with Gasteiger partial charge in [-0.25, -0.2) is 4.79 Å². The van der Waals surface area contributed by atoms with Crippen molar-refractivity contribution in [2.75, 3.05) is 14.2 Å². The molecule has 0 fully saturated rings. The van der Waals surface area contributed by atoms with E-state index in [-0.39, 0.29) is 12.4 Å². The van der Waals surface area contributed by atoms with E-state index in [0.29, 0.717) is 11.5 Å². The van der Waals surface area contributed by atoms with E-state index in [9.17, 15) is 9.59 Å². The van der Waals surface area contributed by atoms with Crippen LogP contribution in [0.4, 0.5) is 0 Å². The van der Waals surface area contributed by atoms with E-state index in [1.165, 1.54) is 37.8 Å². The Morgan fingerprint density at radius 3 is 2.59 bits per heavy atom. The largest absolute Gasteiger partial charge is 0.493 e. The smallest absolute Gasteiger partial charge is 0.330 e. The van der Waals surface area contributed by atoms with Crippen molar-refractivity contribution < 1.29 is 23.8 Å². The fourth-order valence-corrected chi connectivity index (χ4v) is 3.16. The van der Waals surface area contributed by atoms with Gasteiger partial charge in [-0.1, -0.05) is 24.3 Å². The zero-order valence-corrected chi connectivity index (χ0v) is 15.5. The Bertz CT molecular complexity index is 882. The van der Waals surface area contributed by atoms with Gasteiger partial charge in [0, 0.05) is 6.08 Å². The van der Waals surface area contributed by atoms with Crippen LogP contribution in [0.2, 0.25) is 0 Å². The highest BCUT2D eigenvalue weighted by Crippen LogP contribution is 2.29. The molecular formula is C22H22O5. The van der Waals surface area contributed by atoms with Crippen molar-refractivity contribution in [3.8, 4) is 11.5 Å². The number of esters is 2. The van der Waals surface area contributed by atoms with Gasteiger partial charge in [-0.05, 0) is 59.7 Å². The fourth-order valence-electron chi connectivity index (χ4n) is 3.16. The molecule has 0 aromatic heterocycles. The molecule has 0 spiro atoms. The van der Waals surface area contributed by atoms with Crippen LogP contribution in [0.5, 0.6) is 11.5 Å². The van der Waals surface area contributed by atoms with E-state index in [1.54, 1.807) is 24.3 Å². The zero-order chi connectivity index (χ0) is 19.2. The summed E-state index contributed by atoms with van der Waals surface area (Å²) in [6.07, 6.45) is 6.50. The van der Waals surface area contributed by atoms with Crippen molar-refractivity contribution in [1.82, 2.24) is 0 Å². The van der Waals surface area contributed by atoms with Gasteiger partial charge in [0.1, 0.15) is 0 Å². The molecule has 0 amide bonds. The SMILES string of the molecule is COC(=O)/C=C/c1ccc(OC(=O)Cc2ccc3c(c2)CCC3)c(OC)c1. The first-order valence-corrected chi connectivity index (χ1v) is 8.84. The van der Waals surface area contributed by atoms with Crippen LogP contribution in [-0.4, -0.2) is 26.2 Å². The van der Waals surface area contributed by atoms with Crippen molar-refractivity contribution >= 4 is 18.0 Å². The van der Waals surface area contributed by atoms with Gasteiger partial charge in [0.05, 0.1) is 20.6 Å². The number of fused-ring (bicyclic) bond motifs is 1. The second kappa shape index (κ2) is 8.54. The molecule has 27 heavy (non-hydrogen) atoms. The van der Waals surface area contributed by atoms with Crippen LogP contribution in [-0.2, 0) is 33.6 Å². The van der Waals surface area contributed by atoms with E-state index < -0.39 is 5.97 Å². The van der Waals surface area contributed by atoms with Crippen molar-refractivity contribution in [2.24, 2.45) is 0 Å². The molecule has 5 heteroatoms. The normalized spacial score (nSPS) is 12.7. The molecule has 0 atom stereocenters. The molecule has 0 unspecified atom stereocenters. The number of methoxy groups -OCH3 is 2. The van der Waals surface area contributed by atoms with Crippen LogP contribution in [0, 0.1) is 0 Å². The van der Waals surface area contributed by atoms with Gasteiger partial charge in [-0.15, -0.1) is 0 Å². The Balaban J connectivity index is 1.68. The summed E-state index contributed by atoms with van der Waals surface area (Å²) in [5, 5.41) is 0. The fraction of sp³-hybridized carbons (Fsp3) is 0.273. The highest BCUT2D eigenvalue weighted by molar-refractivity contribution is 5.87. The van der Waals surface area contributed by atoms with Crippen LogP contribution in [0.3, 0.4) is 0 Å². The molecule has 0 saturated carbocycles. The van der Waals surface area contributed by atoms with E-state index in [2.05, 4.69) is 16.9 Å². The second-order valence-corrected chi connectivity index (χ2v) is 6.37. The first-order valence-electron chi connectivity index (χ1n) is 8.84. The van der Waals surface area contributed by atoms with Gasteiger partial charge in [0.2, 0.25) is 0 Å². The zero-order valence-electron chi connectivity index (χ0n) is 15.5. The summed E-state index contributed by atoms with van der Waals surface area (Å²) in [5.74, 6) is -0.0221. The number of carbonyl (C=O) groups excluding carboxylic acids is 2. The van der Waals surface area contributed by atoms with Gasteiger partial charge in [-0.3, -0.25) is 4.79 Å². The Kier molecular flexibility index (Phi) is 5.91. The van der Waals surface area contributed by atoms with Crippen molar-refractivity contribution in [2.45, 2.75) is 25.7 Å². The summed E-state index contributed by atoms with van der Waals surface area (Å²) < 4.78 is 15.3. The molecule has 0 radical (unpaired) electrons. The number of aryl methyl sites for hydroxylation is 2. The molecular weight excluding hydrogens is 344 g/mol. The third-order valence-electron chi connectivity index (χ3n) is 4.54. The molecule has 0 aliphatic heterocycles. The minimum Gasteiger partial charge on any atom is -0.493 e. The maximum atomic E-state index is 12.3. The lowest BCUT2D eigenvalue weighted by Gasteiger charge is -2.10. The first-order chi connectivity index (χ1) is 13.1. The van der Waals surface area contributed by atoms with E-state index in [0.717, 1.165) is 24.0 Å². The van der Waals surface area contributed by atoms with Crippen LogP contribution in [0.25, 0.3) is 6.08 Å². The standard InChI is InChI=1S/C22H22O5/c1-25-20-13-15(8-11-21(23)26-2)7-10-19(20)27-22(24)14-16-6-9-17-4-3-5-18(17)12-16/h6-13H,3-5,14H2,1-2H3/b11-8+. The maximum absolute atomic E-state index is 12.3. The van der Waals surface area contributed by atoms with Crippen LogP contribution in [0.15, 0.2) is 42.5 Å². The van der Waals surface area contributed by atoms with Crippen molar-refractivity contribution in [3.05, 3.63) is 64.7 Å². The van der Waals surface area contributed by atoms with Gasteiger partial charge in [0.25, 0.3) is 0 Å². The molecule has 1 aliphatic rings. The molecule has 0 N–H and O–H groups in total. The predicted octanol–water partition coefficient (Wildman–Crippen LogP) is 3.52. The third kappa shape index (κ3) is 4.76. The lowest BCUT2D eigenvalue weighted by Crippen LogP contribution is -2.12. The lowest BCUT2D eigenvalue weighted by molar-refractivity contribution is -0.135. The molecule has 0 bridgehead atoms. The van der Waals surface area contributed by atoms with Crippen molar-refractivity contribution in [3.63, 3.8) is 0 Å². The summed E-state index contributed by atoms with van der Waals surface area (Å²) in [4.78, 5) is 23.5. The van der Waals surface area contributed by atoms with Crippen molar-refractivity contribution in [1.29, 1.82) is 0 Å². The maximum Gasteiger partial charge on any atom is 0.330 e. The number of hydrogen-bond acceptors (Lipinski definition) is 5. The Morgan fingerprint density at radius 1 is 1.00 bits per heavy atom. The monoisotopic (exact) mass is 366 g/mol. The number of benzene rings is 2. The quantitative estimate of drug-likeness (QED) is 0.445. The van der Waals surface area contributed by atoms with Crippen LogP contribution >= 0.6 is 0 Å². The van der Waals surface area contributed by atoms with Gasteiger partial charge in [0.15, 0.2) is 11.5 Å². The first kappa shape index (κ1) is 18.7. The number of ether oxygens (including phenoxy) is 3. The average Bonchev–Trinajstić information content (AvgIpc) is 3.14. The molecule has 5 nitrogen and oxygen atoms in total. The van der Waals surface area contributed by atoms with Gasteiger partial charge < -0.3 is 14.2 Å². The summed E-state index contributed by atoms with van der Waals surface area (Å²) in [5.41, 5.74) is 4.40. The van der Waals surface area contributed by atoms with Gasteiger partial charge in [-0.2, -0.15) is 0 Å². The molecule has 2 aromatic rings. The number of carbonyl (C=O) groups is 2. The second-order valence-electron chi connectivity index (χ2n) is 6.37. The molecule has 0 saturated heterocycles. The summed E-state index contributed by atoms with van der Waals surface area (Å²) in [7, 11) is 2.82. The highest BCUT2D eigenvalue weighted by Gasteiger charge is 2.14. The molecule has 140 valence electrons. The van der Waals surface area contributed by atoms with E-state index in [1.807, 2.05) is 6.07 Å². The lowest BCUT2D eigenvalue weighted by atomic mass is 10.0. The molecule has 3 rings (SSSR count). The minimum atomic E-state index is -0.446. The van der Waals surface area contributed by atoms with Crippen LogP contribution < -0.4 is 9.47 Å². The molecule has 0 heterocycles. The summed E-state index contributed by atoms with van der Waals surface area (Å²) in [6, 6.07) is 11.3. The van der Waals surface area contributed by atoms with Crippen LogP contribution in [0.1, 0.15) is 28.7 Å². The summed E-state index contributed by atoms with van der Waals surface area (Å²) >= 11 is 0. The number of rotatable bonds is 6. The van der Waals surface area contributed by atoms with Gasteiger partial charge >= 0.3 is 11.9 Å². The molecule has 2 aromatic carbocycles. The average molecular weight is 366 g/mol. The predicted molar refractivity (Wildman–Crippen MR) is 102 cm³/mol. The number of hydrogen-bond donors (Lipinski definition) is 0. The Hall–Kier alpha value is -3.08. The molecule has 1 aliphatic carbocycles. The van der Waals surface area contributed by atoms with E-state index in [4.69, 9.17) is 9.47 Å². The highest BCUT2D eigenvalue weighted by atomic mass is 16.6. The Labute approximate surface area is 158 Å². The Morgan fingerprint density at radius 2 is 1.81 bits per heavy atom. The van der Waals surface area contributed by atoms with E-state index >= 15 is 0 Å².